The first-order valence-electron chi connectivity index (χ1n) is 7.56. The second kappa shape index (κ2) is 6.22. The zero-order valence-corrected chi connectivity index (χ0v) is 12.7. The van der Waals surface area contributed by atoms with Crippen molar-refractivity contribution in [3.63, 3.8) is 0 Å². The van der Waals surface area contributed by atoms with Crippen LogP contribution in [0.5, 0.6) is 0 Å². The predicted molar refractivity (Wildman–Crippen MR) is 85.3 cm³/mol. The van der Waals surface area contributed by atoms with E-state index in [0.29, 0.717) is 6.04 Å². The number of hydrogen-bond donors (Lipinski definition) is 1. The van der Waals surface area contributed by atoms with Crippen LogP contribution >= 0.6 is 0 Å². The normalized spacial score (nSPS) is 16.3. The highest BCUT2D eigenvalue weighted by molar-refractivity contribution is 5.29. The molecule has 110 valence electrons. The number of fused-ring (bicyclic) bond motifs is 1. The monoisotopic (exact) mass is 282 g/mol. The van der Waals surface area contributed by atoms with Crippen molar-refractivity contribution in [2.45, 2.75) is 32.9 Å². The first kappa shape index (κ1) is 14.0. The molecule has 21 heavy (non-hydrogen) atoms. The van der Waals surface area contributed by atoms with Crippen molar-refractivity contribution in [2.24, 2.45) is 0 Å². The maximum atomic E-state index is 4.40. The van der Waals surface area contributed by atoms with Gasteiger partial charge in [0.05, 0.1) is 0 Å². The Bertz CT molecular complexity index is 611. The topological polar surface area (TPSA) is 41.1 Å². The van der Waals surface area contributed by atoms with Gasteiger partial charge in [-0.15, -0.1) is 0 Å². The van der Waals surface area contributed by atoms with E-state index in [9.17, 15) is 0 Å². The van der Waals surface area contributed by atoms with Crippen LogP contribution in [0.4, 0.5) is 5.95 Å². The largest absolute Gasteiger partial charge is 0.350 e. The SMILES string of the molecule is Cc1ccnc(N[C@H](C)CN2CCc3ccccc3C2)n1. The number of anilines is 1. The summed E-state index contributed by atoms with van der Waals surface area (Å²) in [4.78, 5) is 11.2. The van der Waals surface area contributed by atoms with Gasteiger partial charge < -0.3 is 5.32 Å². The maximum absolute atomic E-state index is 4.40. The fourth-order valence-corrected chi connectivity index (χ4v) is 2.88. The minimum atomic E-state index is 0.331. The Hall–Kier alpha value is -1.94. The highest BCUT2D eigenvalue weighted by Gasteiger charge is 2.17. The van der Waals surface area contributed by atoms with E-state index in [-0.39, 0.29) is 0 Å². The number of nitrogens with one attached hydrogen (secondary N) is 1. The molecule has 0 bridgehead atoms. The number of nitrogens with zero attached hydrogens (tertiary/aromatic N) is 3. The van der Waals surface area contributed by atoms with Gasteiger partial charge in [-0.1, -0.05) is 24.3 Å². The molecule has 0 amide bonds. The fourth-order valence-electron chi connectivity index (χ4n) is 2.88. The van der Waals surface area contributed by atoms with Crippen molar-refractivity contribution in [3.8, 4) is 0 Å². The smallest absolute Gasteiger partial charge is 0.223 e. The molecule has 2 heterocycles. The Morgan fingerprint density at radius 2 is 2.05 bits per heavy atom. The first-order chi connectivity index (χ1) is 10.2. The predicted octanol–water partition coefficient (Wildman–Crippen LogP) is 2.64. The van der Waals surface area contributed by atoms with Crippen molar-refractivity contribution in [3.05, 3.63) is 53.3 Å². The lowest BCUT2D eigenvalue weighted by molar-refractivity contribution is 0.247. The molecule has 1 aromatic heterocycles. The third-order valence-electron chi connectivity index (χ3n) is 3.91. The molecule has 0 radical (unpaired) electrons. The highest BCUT2D eigenvalue weighted by Crippen LogP contribution is 2.18. The molecule has 1 N–H and O–H groups in total. The number of benzene rings is 1. The van der Waals surface area contributed by atoms with Gasteiger partial charge in [0.2, 0.25) is 5.95 Å². The van der Waals surface area contributed by atoms with Crippen molar-refractivity contribution < 1.29 is 0 Å². The molecular weight excluding hydrogens is 260 g/mol. The Morgan fingerprint density at radius 1 is 1.24 bits per heavy atom. The second-order valence-electron chi connectivity index (χ2n) is 5.82. The second-order valence-corrected chi connectivity index (χ2v) is 5.82. The summed E-state index contributed by atoms with van der Waals surface area (Å²) >= 11 is 0. The van der Waals surface area contributed by atoms with Crippen LogP contribution in [0.15, 0.2) is 36.5 Å². The Kier molecular flexibility index (Phi) is 4.15. The van der Waals surface area contributed by atoms with Gasteiger partial charge in [0.25, 0.3) is 0 Å². The van der Waals surface area contributed by atoms with Crippen LogP contribution in [-0.2, 0) is 13.0 Å². The summed E-state index contributed by atoms with van der Waals surface area (Å²) in [5, 5.41) is 3.39. The van der Waals surface area contributed by atoms with Gasteiger partial charge in [-0.25, -0.2) is 9.97 Å². The molecule has 0 unspecified atom stereocenters. The van der Waals surface area contributed by atoms with Gasteiger partial charge in [0, 0.05) is 37.6 Å². The van der Waals surface area contributed by atoms with Crippen LogP contribution in [0.3, 0.4) is 0 Å². The molecule has 0 spiro atoms. The molecule has 0 aliphatic carbocycles. The number of rotatable bonds is 4. The molecule has 1 aliphatic heterocycles. The summed E-state index contributed by atoms with van der Waals surface area (Å²) in [6.07, 6.45) is 2.94. The lowest BCUT2D eigenvalue weighted by Crippen LogP contribution is -2.38. The quantitative estimate of drug-likeness (QED) is 0.936. The number of aryl methyl sites for hydroxylation is 1. The molecule has 0 fully saturated rings. The summed E-state index contributed by atoms with van der Waals surface area (Å²) < 4.78 is 0. The molecule has 1 aromatic carbocycles. The van der Waals surface area contributed by atoms with Crippen molar-refractivity contribution >= 4 is 5.95 Å². The summed E-state index contributed by atoms with van der Waals surface area (Å²) in [5.74, 6) is 0.722. The average molecular weight is 282 g/mol. The van der Waals surface area contributed by atoms with Gasteiger partial charge >= 0.3 is 0 Å². The van der Waals surface area contributed by atoms with Gasteiger partial charge in [-0.3, -0.25) is 4.90 Å². The minimum absolute atomic E-state index is 0.331. The van der Waals surface area contributed by atoms with Crippen molar-refractivity contribution in [1.29, 1.82) is 0 Å². The van der Waals surface area contributed by atoms with E-state index in [1.807, 2.05) is 13.0 Å². The average Bonchev–Trinajstić information content (AvgIpc) is 2.47. The first-order valence-corrected chi connectivity index (χ1v) is 7.56. The minimum Gasteiger partial charge on any atom is -0.350 e. The Balaban J connectivity index is 1.57. The van der Waals surface area contributed by atoms with Crippen LogP contribution < -0.4 is 5.32 Å². The molecule has 4 nitrogen and oxygen atoms in total. The van der Waals surface area contributed by atoms with Crippen LogP contribution in [0, 0.1) is 6.92 Å². The van der Waals surface area contributed by atoms with Gasteiger partial charge in [-0.05, 0) is 37.5 Å². The third kappa shape index (κ3) is 3.58. The van der Waals surface area contributed by atoms with Crippen molar-refractivity contribution in [2.75, 3.05) is 18.4 Å². The van der Waals surface area contributed by atoms with Crippen LogP contribution in [0.2, 0.25) is 0 Å². The van der Waals surface area contributed by atoms with E-state index in [2.05, 4.69) is 51.4 Å². The number of aromatic nitrogens is 2. The highest BCUT2D eigenvalue weighted by atomic mass is 15.2. The van der Waals surface area contributed by atoms with E-state index < -0.39 is 0 Å². The Morgan fingerprint density at radius 3 is 2.86 bits per heavy atom. The van der Waals surface area contributed by atoms with E-state index in [4.69, 9.17) is 0 Å². The van der Waals surface area contributed by atoms with E-state index in [1.54, 1.807) is 6.20 Å². The van der Waals surface area contributed by atoms with Crippen LogP contribution in [0.1, 0.15) is 23.7 Å². The fraction of sp³-hybridized carbons (Fsp3) is 0.412. The lowest BCUT2D eigenvalue weighted by Gasteiger charge is -2.31. The van der Waals surface area contributed by atoms with Crippen molar-refractivity contribution in [1.82, 2.24) is 14.9 Å². The Labute approximate surface area is 126 Å². The molecule has 2 aromatic rings. The maximum Gasteiger partial charge on any atom is 0.223 e. The van der Waals surface area contributed by atoms with Crippen LogP contribution in [0.25, 0.3) is 0 Å². The molecular formula is C17H22N4. The van der Waals surface area contributed by atoms with E-state index in [1.165, 1.54) is 11.1 Å². The van der Waals surface area contributed by atoms with Gasteiger partial charge in [0.1, 0.15) is 0 Å². The molecule has 0 saturated carbocycles. The third-order valence-corrected chi connectivity index (χ3v) is 3.91. The van der Waals surface area contributed by atoms with E-state index in [0.717, 1.165) is 37.7 Å². The molecule has 1 aliphatic rings. The summed E-state index contributed by atoms with van der Waals surface area (Å²) in [7, 11) is 0. The molecule has 0 saturated heterocycles. The zero-order valence-electron chi connectivity index (χ0n) is 12.7. The molecule has 1 atom stereocenters. The lowest BCUT2D eigenvalue weighted by atomic mass is 10.00. The molecule has 3 rings (SSSR count). The van der Waals surface area contributed by atoms with Gasteiger partial charge in [-0.2, -0.15) is 0 Å². The molecule has 4 heteroatoms. The zero-order chi connectivity index (χ0) is 14.7. The summed E-state index contributed by atoms with van der Waals surface area (Å²) in [6.45, 7) is 7.34. The van der Waals surface area contributed by atoms with Gasteiger partial charge in [0.15, 0.2) is 0 Å². The van der Waals surface area contributed by atoms with E-state index >= 15 is 0 Å². The standard InChI is InChI=1S/C17H22N4/c1-13-7-9-18-17(19-13)20-14(2)11-21-10-8-15-5-3-4-6-16(15)12-21/h3-7,9,14H,8,10-12H2,1-2H3,(H,18,19,20)/t14-/m1/s1. The summed E-state index contributed by atoms with van der Waals surface area (Å²) in [6, 6.07) is 11.0. The number of hydrogen-bond acceptors (Lipinski definition) is 4. The van der Waals surface area contributed by atoms with Crippen LogP contribution in [-0.4, -0.2) is 34.0 Å². The summed E-state index contributed by atoms with van der Waals surface area (Å²) in [5.41, 5.74) is 3.95.